The minimum Gasteiger partial charge on any atom is -0.490 e. The van der Waals surface area contributed by atoms with Gasteiger partial charge in [-0.15, -0.1) is 0 Å². The lowest BCUT2D eigenvalue weighted by atomic mass is 10.2. The maximum Gasteiger partial charge on any atom is 0.204 e. The summed E-state index contributed by atoms with van der Waals surface area (Å²) in [6.45, 7) is 0.441. The zero-order chi connectivity index (χ0) is 14.5. The van der Waals surface area contributed by atoms with Crippen LogP contribution in [0, 0.1) is 5.82 Å². The van der Waals surface area contributed by atoms with Gasteiger partial charge in [-0.25, -0.2) is 14.4 Å². The van der Waals surface area contributed by atoms with Crippen molar-refractivity contribution in [2.75, 3.05) is 24.8 Å². The van der Waals surface area contributed by atoms with Crippen molar-refractivity contribution < 1.29 is 9.13 Å². The van der Waals surface area contributed by atoms with Gasteiger partial charge in [-0.1, -0.05) is 17.7 Å². The third-order valence-corrected chi connectivity index (χ3v) is 2.98. The average molecular weight is 297 g/mol. The van der Waals surface area contributed by atoms with E-state index in [1.54, 1.807) is 26.3 Å². The maximum absolute atomic E-state index is 13.1. The zero-order valence-electron chi connectivity index (χ0n) is 11.1. The first-order valence-electron chi connectivity index (χ1n) is 5.90. The molecule has 0 unspecified atom stereocenters. The molecule has 1 heterocycles. The van der Waals surface area contributed by atoms with E-state index in [9.17, 15) is 4.39 Å². The minimum atomic E-state index is -0.437. The predicted octanol–water partition coefficient (Wildman–Crippen LogP) is 2.93. The number of nitrogens with one attached hydrogen (secondary N) is 2. The molecule has 1 aromatic heterocycles. The summed E-state index contributed by atoms with van der Waals surface area (Å²) in [5, 5.41) is 6.11. The lowest BCUT2D eigenvalue weighted by molar-refractivity contribution is 0.415. The maximum atomic E-state index is 13.1. The normalized spacial score (nSPS) is 10.2. The largest absolute Gasteiger partial charge is 0.490 e. The molecule has 2 rings (SSSR count). The van der Waals surface area contributed by atoms with Crippen LogP contribution in [0.3, 0.4) is 0 Å². The van der Waals surface area contributed by atoms with Crippen LogP contribution in [0.1, 0.15) is 5.56 Å². The predicted molar refractivity (Wildman–Crippen MR) is 76.9 cm³/mol. The molecule has 106 valence electrons. The summed E-state index contributed by atoms with van der Waals surface area (Å²) >= 11 is 5.74. The van der Waals surface area contributed by atoms with E-state index in [1.807, 2.05) is 0 Å². The second-order valence-corrected chi connectivity index (χ2v) is 4.36. The molecule has 20 heavy (non-hydrogen) atoms. The summed E-state index contributed by atoms with van der Waals surface area (Å²) in [5.74, 6) is 1.21. The van der Waals surface area contributed by atoms with Gasteiger partial charge in [-0.05, 0) is 17.7 Å². The number of aromatic nitrogens is 2. The number of hydrogen-bond acceptors (Lipinski definition) is 5. The minimum absolute atomic E-state index is 0.0925. The van der Waals surface area contributed by atoms with Crippen molar-refractivity contribution in [3.05, 3.63) is 40.9 Å². The van der Waals surface area contributed by atoms with Crippen LogP contribution >= 0.6 is 11.6 Å². The molecule has 0 bridgehead atoms. The van der Waals surface area contributed by atoms with Crippen molar-refractivity contribution in [1.82, 2.24) is 9.97 Å². The highest BCUT2D eigenvalue weighted by Gasteiger charge is 2.10. The second kappa shape index (κ2) is 6.38. The Kier molecular flexibility index (Phi) is 4.57. The molecule has 2 N–H and O–H groups in total. The molecular weight excluding hydrogens is 283 g/mol. The Bertz CT molecular complexity index is 609. The molecule has 0 saturated carbocycles. The molecule has 0 spiro atoms. The van der Waals surface area contributed by atoms with Crippen molar-refractivity contribution in [1.29, 1.82) is 0 Å². The quantitative estimate of drug-likeness (QED) is 0.888. The van der Waals surface area contributed by atoms with Gasteiger partial charge in [0.15, 0.2) is 11.6 Å². The van der Waals surface area contributed by atoms with Crippen molar-refractivity contribution in [2.45, 2.75) is 6.54 Å². The molecule has 0 amide bonds. The van der Waals surface area contributed by atoms with E-state index in [1.165, 1.54) is 12.4 Å². The van der Waals surface area contributed by atoms with Gasteiger partial charge in [-0.3, -0.25) is 0 Å². The van der Waals surface area contributed by atoms with Gasteiger partial charge in [0, 0.05) is 13.6 Å². The number of methoxy groups -OCH3 is 1. The van der Waals surface area contributed by atoms with Crippen LogP contribution in [0.25, 0.3) is 0 Å². The van der Waals surface area contributed by atoms with E-state index >= 15 is 0 Å². The standard InChI is InChI=1S/C13H14ClFN4O/c1-16-12-11(20-2)13(19-7-18-12)17-6-8-3-4-10(15)9(14)5-8/h3-5,7H,6H2,1-2H3,(H2,16,17,18,19). The second-order valence-electron chi connectivity index (χ2n) is 3.96. The Morgan fingerprint density at radius 3 is 2.70 bits per heavy atom. The number of ether oxygens (including phenoxy) is 1. The summed E-state index contributed by atoms with van der Waals surface area (Å²) < 4.78 is 18.3. The SMILES string of the molecule is CNc1ncnc(NCc2ccc(F)c(Cl)c2)c1OC. The Morgan fingerprint density at radius 2 is 2.05 bits per heavy atom. The third kappa shape index (κ3) is 3.08. The molecule has 0 aliphatic rings. The summed E-state index contributed by atoms with van der Waals surface area (Å²) in [6, 6.07) is 4.55. The molecular formula is C13H14ClFN4O. The van der Waals surface area contributed by atoms with E-state index in [0.29, 0.717) is 23.9 Å². The molecule has 7 heteroatoms. The van der Waals surface area contributed by atoms with Crippen molar-refractivity contribution in [3.63, 3.8) is 0 Å². The van der Waals surface area contributed by atoms with Gasteiger partial charge in [-0.2, -0.15) is 0 Å². The van der Waals surface area contributed by atoms with Crippen LogP contribution in [-0.2, 0) is 6.54 Å². The van der Waals surface area contributed by atoms with E-state index in [-0.39, 0.29) is 5.02 Å². The summed E-state index contributed by atoms with van der Waals surface area (Å²) in [4.78, 5) is 8.17. The lowest BCUT2D eigenvalue weighted by Crippen LogP contribution is -2.06. The Labute approximate surface area is 121 Å². The molecule has 0 radical (unpaired) electrons. The molecule has 0 saturated heterocycles. The van der Waals surface area contributed by atoms with Crippen LogP contribution in [0.15, 0.2) is 24.5 Å². The first kappa shape index (κ1) is 14.3. The molecule has 0 atom stereocenters. The smallest absolute Gasteiger partial charge is 0.204 e. The van der Waals surface area contributed by atoms with Crippen LogP contribution in [0.5, 0.6) is 5.75 Å². The third-order valence-electron chi connectivity index (χ3n) is 2.69. The highest BCUT2D eigenvalue weighted by atomic mass is 35.5. The van der Waals surface area contributed by atoms with Crippen LogP contribution < -0.4 is 15.4 Å². The molecule has 0 aliphatic carbocycles. The van der Waals surface area contributed by atoms with Crippen LogP contribution in [-0.4, -0.2) is 24.1 Å². The van der Waals surface area contributed by atoms with Crippen LogP contribution in [0.2, 0.25) is 5.02 Å². The van der Waals surface area contributed by atoms with E-state index in [2.05, 4.69) is 20.6 Å². The highest BCUT2D eigenvalue weighted by molar-refractivity contribution is 6.30. The summed E-state index contributed by atoms with van der Waals surface area (Å²) in [7, 11) is 3.29. The van der Waals surface area contributed by atoms with Gasteiger partial charge in [0.25, 0.3) is 0 Å². The first-order valence-corrected chi connectivity index (χ1v) is 6.28. The number of halogens is 2. The number of rotatable bonds is 5. The molecule has 1 aromatic carbocycles. The topological polar surface area (TPSA) is 59.1 Å². The molecule has 2 aromatic rings. The molecule has 0 aliphatic heterocycles. The van der Waals surface area contributed by atoms with E-state index in [0.717, 1.165) is 5.56 Å². The summed E-state index contributed by atoms with van der Waals surface area (Å²) in [6.07, 6.45) is 1.42. The number of benzene rings is 1. The monoisotopic (exact) mass is 296 g/mol. The Balaban J connectivity index is 2.16. The molecule has 5 nitrogen and oxygen atoms in total. The fourth-order valence-electron chi connectivity index (χ4n) is 1.71. The number of hydrogen-bond donors (Lipinski definition) is 2. The fraction of sp³-hybridized carbons (Fsp3) is 0.231. The van der Waals surface area contributed by atoms with Crippen molar-refractivity contribution in [3.8, 4) is 5.75 Å². The molecule has 0 fully saturated rings. The van der Waals surface area contributed by atoms with Crippen LogP contribution in [0.4, 0.5) is 16.0 Å². The van der Waals surface area contributed by atoms with Gasteiger partial charge in [0.1, 0.15) is 12.1 Å². The Morgan fingerprint density at radius 1 is 1.30 bits per heavy atom. The van der Waals surface area contributed by atoms with Gasteiger partial charge < -0.3 is 15.4 Å². The zero-order valence-corrected chi connectivity index (χ0v) is 11.8. The fourth-order valence-corrected chi connectivity index (χ4v) is 1.91. The van der Waals surface area contributed by atoms with Gasteiger partial charge in [0.2, 0.25) is 5.75 Å². The lowest BCUT2D eigenvalue weighted by Gasteiger charge is -2.12. The van der Waals surface area contributed by atoms with Crippen molar-refractivity contribution in [2.24, 2.45) is 0 Å². The van der Waals surface area contributed by atoms with E-state index < -0.39 is 5.82 Å². The Hall–Kier alpha value is -2.08. The van der Waals surface area contributed by atoms with E-state index in [4.69, 9.17) is 16.3 Å². The van der Waals surface area contributed by atoms with Gasteiger partial charge >= 0.3 is 0 Å². The van der Waals surface area contributed by atoms with Gasteiger partial charge in [0.05, 0.1) is 12.1 Å². The number of anilines is 2. The number of nitrogens with zero attached hydrogens (tertiary/aromatic N) is 2. The first-order chi connectivity index (χ1) is 9.65. The highest BCUT2D eigenvalue weighted by Crippen LogP contribution is 2.28. The van der Waals surface area contributed by atoms with Crippen molar-refractivity contribution >= 4 is 23.2 Å². The summed E-state index contributed by atoms with van der Waals surface area (Å²) in [5.41, 5.74) is 0.836. The average Bonchev–Trinajstić information content (AvgIpc) is 2.47.